The Bertz CT molecular complexity index is 768. The summed E-state index contributed by atoms with van der Waals surface area (Å²) < 4.78 is 1.88. The predicted molar refractivity (Wildman–Crippen MR) is 85.5 cm³/mol. The largest absolute Gasteiger partial charge is 0.298 e. The van der Waals surface area contributed by atoms with Crippen LogP contribution in [0.1, 0.15) is 30.1 Å². The molecule has 0 aliphatic heterocycles. The Morgan fingerprint density at radius 2 is 1.95 bits per heavy atom. The van der Waals surface area contributed by atoms with E-state index >= 15 is 0 Å². The number of carbonyl (C=O) groups is 1. The second-order valence-corrected chi connectivity index (χ2v) is 5.19. The van der Waals surface area contributed by atoms with Crippen molar-refractivity contribution < 1.29 is 4.79 Å². The summed E-state index contributed by atoms with van der Waals surface area (Å²) in [4.78, 5) is 11.4. The Kier molecular flexibility index (Phi) is 3.82. The smallest absolute Gasteiger partial charge is 0.153 e. The van der Waals surface area contributed by atoms with Crippen molar-refractivity contribution in [2.75, 3.05) is 0 Å². The standard InChI is InChI=1S/C18H18N2O/c1-2-3-11-20-12-15(13-21)18(19-20)17-10-6-8-14-7-4-5-9-16(14)17/h4-10,12-13H,2-3,11H2,1H3. The number of benzene rings is 2. The van der Waals surface area contributed by atoms with Gasteiger partial charge in [-0.15, -0.1) is 0 Å². The lowest BCUT2D eigenvalue weighted by atomic mass is 10.0. The highest BCUT2D eigenvalue weighted by Gasteiger charge is 2.13. The molecular formula is C18H18N2O. The zero-order valence-electron chi connectivity index (χ0n) is 12.1. The summed E-state index contributed by atoms with van der Waals surface area (Å²) in [5, 5.41) is 6.91. The van der Waals surface area contributed by atoms with Gasteiger partial charge >= 0.3 is 0 Å². The van der Waals surface area contributed by atoms with Crippen LogP contribution in [-0.4, -0.2) is 16.1 Å². The number of aryl methyl sites for hydroxylation is 1. The van der Waals surface area contributed by atoms with Gasteiger partial charge in [-0.3, -0.25) is 9.48 Å². The van der Waals surface area contributed by atoms with E-state index in [1.54, 1.807) is 0 Å². The molecule has 0 aliphatic rings. The van der Waals surface area contributed by atoms with Gasteiger partial charge < -0.3 is 0 Å². The molecule has 0 radical (unpaired) electrons. The average molecular weight is 278 g/mol. The first-order valence-corrected chi connectivity index (χ1v) is 7.34. The minimum Gasteiger partial charge on any atom is -0.298 e. The van der Waals surface area contributed by atoms with E-state index in [0.717, 1.165) is 47.7 Å². The Labute approximate surface area is 124 Å². The molecule has 0 bridgehead atoms. The molecule has 0 amide bonds. The van der Waals surface area contributed by atoms with E-state index in [1.807, 2.05) is 35.1 Å². The first-order chi connectivity index (χ1) is 10.3. The maximum atomic E-state index is 11.4. The SMILES string of the molecule is CCCCn1cc(C=O)c(-c2cccc3ccccc23)n1. The number of fused-ring (bicyclic) bond motifs is 1. The van der Waals surface area contributed by atoms with Crippen LogP contribution >= 0.6 is 0 Å². The van der Waals surface area contributed by atoms with E-state index in [4.69, 9.17) is 0 Å². The molecular weight excluding hydrogens is 260 g/mol. The van der Waals surface area contributed by atoms with Crippen molar-refractivity contribution >= 4 is 17.1 Å². The molecule has 3 heteroatoms. The van der Waals surface area contributed by atoms with Crippen molar-refractivity contribution in [1.29, 1.82) is 0 Å². The summed E-state index contributed by atoms with van der Waals surface area (Å²) in [6, 6.07) is 14.3. The molecule has 1 aromatic heterocycles. The van der Waals surface area contributed by atoms with Gasteiger partial charge in [-0.2, -0.15) is 5.10 Å². The quantitative estimate of drug-likeness (QED) is 0.652. The minimum absolute atomic E-state index is 0.655. The zero-order chi connectivity index (χ0) is 14.7. The molecule has 0 N–H and O–H groups in total. The molecule has 3 rings (SSSR count). The van der Waals surface area contributed by atoms with Crippen LogP contribution in [0.4, 0.5) is 0 Å². The van der Waals surface area contributed by atoms with Gasteiger partial charge in [-0.1, -0.05) is 55.8 Å². The molecule has 0 fully saturated rings. The minimum atomic E-state index is 0.655. The number of rotatable bonds is 5. The second-order valence-electron chi connectivity index (χ2n) is 5.19. The molecule has 21 heavy (non-hydrogen) atoms. The van der Waals surface area contributed by atoms with Crippen molar-refractivity contribution in [3.05, 3.63) is 54.2 Å². The second kappa shape index (κ2) is 5.92. The Hall–Kier alpha value is -2.42. The Morgan fingerprint density at radius 3 is 2.76 bits per heavy atom. The summed E-state index contributed by atoms with van der Waals surface area (Å²) in [5.41, 5.74) is 2.45. The lowest BCUT2D eigenvalue weighted by molar-refractivity contribution is 0.112. The summed E-state index contributed by atoms with van der Waals surface area (Å²) in [6.07, 6.45) is 4.92. The molecule has 2 aromatic carbocycles. The lowest BCUT2D eigenvalue weighted by Gasteiger charge is -2.04. The number of aromatic nitrogens is 2. The van der Waals surface area contributed by atoms with Gasteiger partial charge in [0.25, 0.3) is 0 Å². The van der Waals surface area contributed by atoms with Gasteiger partial charge in [0.15, 0.2) is 6.29 Å². The van der Waals surface area contributed by atoms with E-state index in [0.29, 0.717) is 5.56 Å². The van der Waals surface area contributed by atoms with Gasteiger partial charge in [0.1, 0.15) is 5.69 Å². The third-order valence-corrected chi connectivity index (χ3v) is 3.70. The lowest BCUT2D eigenvalue weighted by Crippen LogP contribution is -1.98. The predicted octanol–water partition coefficient (Wildman–Crippen LogP) is 4.32. The van der Waals surface area contributed by atoms with Crippen molar-refractivity contribution in [3.63, 3.8) is 0 Å². The van der Waals surface area contributed by atoms with Crippen LogP contribution in [0, 0.1) is 0 Å². The topological polar surface area (TPSA) is 34.9 Å². The van der Waals surface area contributed by atoms with E-state index in [9.17, 15) is 4.79 Å². The maximum Gasteiger partial charge on any atom is 0.153 e. The fraction of sp³-hybridized carbons (Fsp3) is 0.222. The van der Waals surface area contributed by atoms with Gasteiger partial charge in [0, 0.05) is 18.3 Å². The van der Waals surface area contributed by atoms with Crippen LogP contribution in [0.25, 0.3) is 22.0 Å². The summed E-state index contributed by atoms with van der Waals surface area (Å²) in [7, 11) is 0. The van der Waals surface area contributed by atoms with E-state index in [-0.39, 0.29) is 0 Å². The van der Waals surface area contributed by atoms with E-state index < -0.39 is 0 Å². The number of hydrogen-bond donors (Lipinski definition) is 0. The van der Waals surface area contributed by atoms with Gasteiger partial charge in [-0.25, -0.2) is 0 Å². The van der Waals surface area contributed by atoms with Crippen molar-refractivity contribution in [3.8, 4) is 11.3 Å². The third-order valence-electron chi connectivity index (χ3n) is 3.70. The number of hydrogen-bond acceptors (Lipinski definition) is 2. The van der Waals surface area contributed by atoms with Crippen molar-refractivity contribution in [2.45, 2.75) is 26.3 Å². The normalized spacial score (nSPS) is 10.9. The van der Waals surface area contributed by atoms with Gasteiger partial charge in [0.2, 0.25) is 0 Å². The fourth-order valence-corrected chi connectivity index (χ4v) is 2.60. The van der Waals surface area contributed by atoms with E-state index in [1.165, 1.54) is 0 Å². The van der Waals surface area contributed by atoms with Gasteiger partial charge in [0.05, 0.1) is 5.56 Å². The monoisotopic (exact) mass is 278 g/mol. The molecule has 3 nitrogen and oxygen atoms in total. The number of nitrogens with zero attached hydrogens (tertiary/aromatic N) is 2. The van der Waals surface area contributed by atoms with Gasteiger partial charge in [-0.05, 0) is 17.2 Å². The number of aldehydes is 1. The molecule has 106 valence electrons. The van der Waals surface area contributed by atoms with E-state index in [2.05, 4.69) is 30.2 Å². The maximum absolute atomic E-state index is 11.4. The molecule has 1 heterocycles. The summed E-state index contributed by atoms with van der Waals surface area (Å²) >= 11 is 0. The molecule has 0 aliphatic carbocycles. The average Bonchev–Trinajstić information content (AvgIpc) is 2.95. The highest BCUT2D eigenvalue weighted by molar-refractivity contribution is 5.99. The summed E-state index contributed by atoms with van der Waals surface area (Å²) in [5.74, 6) is 0. The number of carbonyl (C=O) groups excluding carboxylic acids is 1. The molecule has 0 saturated carbocycles. The zero-order valence-corrected chi connectivity index (χ0v) is 12.1. The van der Waals surface area contributed by atoms with Crippen LogP contribution in [0.5, 0.6) is 0 Å². The Balaban J connectivity index is 2.13. The number of unbranched alkanes of at least 4 members (excludes halogenated alkanes) is 1. The highest BCUT2D eigenvalue weighted by Crippen LogP contribution is 2.29. The molecule has 0 saturated heterocycles. The molecule has 0 atom stereocenters. The van der Waals surface area contributed by atoms with Crippen LogP contribution in [0.2, 0.25) is 0 Å². The van der Waals surface area contributed by atoms with Crippen LogP contribution in [0.15, 0.2) is 48.7 Å². The Morgan fingerprint density at radius 1 is 1.14 bits per heavy atom. The van der Waals surface area contributed by atoms with Crippen LogP contribution < -0.4 is 0 Å². The molecule has 0 unspecified atom stereocenters. The third kappa shape index (κ3) is 2.59. The first kappa shape index (κ1) is 13.6. The highest BCUT2D eigenvalue weighted by atomic mass is 16.1. The first-order valence-electron chi connectivity index (χ1n) is 7.34. The van der Waals surface area contributed by atoms with Crippen LogP contribution in [-0.2, 0) is 6.54 Å². The van der Waals surface area contributed by atoms with Crippen molar-refractivity contribution in [2.24, 2.45) is 0 Å². The molecule has 3 aromatic rings. The van der Waals surface area contributed by atoms with Crippen LogP contribution in [0.3, 0.4) is 0 Å². The van der Waals surface area contributed by atoms with Crippen molar-refractivity contribution in [1.82, 2.24) is 9.78 Å². The fourth-order valence-electron chi connectivity index (χ4n) is 2.60. The summed E-state index contributed by atoms with van der Waals surface area (Å²) in [6.45, 7) is 3.00. The molecule has 0 spiro atoms.